The highest BCUT2D eigenvalue weighted by Gasteiger charge is 2.08. The maximum Gasteiger partial charge on any atom is 0.202 e. The van der Waals surface area contributed by atoms with E-state index in [-0.39, 0.29) is 0 Å². The molecule has 3 heteroatoms. The number of anilines is 1. The third kappa shape index (κ3) is 2.47. The van der Waals surface area contributed by atoms with Gasteiger partial charge in [0.05, 0.1) is 0 Å². The van der Waals surface area contributed by atoms with Crippen LogP contribution < -0.4 is 5.32 Å². The van der Waals surface area contributed by atoms with Gasteiger partial charge in [-0.2, -0.15) is 0 Å². The number of nitrogens with zero attached hydrogens (tertiary/aromatic N) is 2. The summed E-state index contributed by atoms with van der Waals surface area (Å²) >= 11 is 0. The van der Waals surface area contributed by atoms with Crippen molar-refractivity contribution in [3.05, 3.63) is 12.4 Å². The van der Waals surface area contributed by atoms with Crippen LogP contribution in [0, 0.1) is 5.92 Å². The first-order chi connectivity index (χ1) is 6.15. The highest BCUT2D eigenvalue weighted by atomic mass is 15.2. The van der Waals surface area contributed by atoms with Gasteiger partial charge in [-0.3, -0.25) is 0 Å². The van der Waals surface area contributed by atoms with E-state index in [1.165, 1.54) is 0 Å². The molecule has 0 spiro atoms. The Bertz CT molecular complexity index is 252. The smallest absolute Gasteiger partial charge is 0.202 e. The van der Waals surface area contributed by atoms with Crippen molar-refractivity contribution in [1.82, 2.24) is 9.55 Å². The molecule has 0 fully saturated rings. The van der Waals surface area contributed by atoms with Crippen LogP contribution in [0.3, 0.4) is 0 Å². The second kappa shape index (κ2) is 4.30. The molecule has 1 aromatic rings. The third-order valence-electron chi connectivity index (χ3n) is 2.41. The standard InChI is InChI=1S/C10H19N3/c1-5-13-7-6-11-10(13)12-9(4)8(2)3/h6-9H,5H2,1-4H3,(H,11,12). The van der Waals surface area contributed by atoms with E-state index >= 15 is 0 Å². The Labute approximate surface area is 80.2 Å². The lowest BCUT2D eigenvalue weighted by Crippen LogP contribution is -2.23. The van der Waals surface area contributed by atoms with Gasteiger partial charge in [0.25, 0.3) is 0 Å². The third-order valence-corrected chi connectivity index (χ3v) is 2.41. The Kier molecular flexibility index (Phi) is 3.34. The molecular formula is C10H19N3. The van der Waals surface area contributed by atoms with Crippen LogP contribution >= 0.6 is 0 Å². The van der Waals surface area contributed by atoms with Crippen LogP contribution in [0.5, 0.6) is 0 Å². The zero-order valence-electron chi connectivity index (χ0n) is 8.91. The van der Waals surface area contributed by atoms with E-state index in [0.29, 0.717) is 12.0 Å². The van der Waals surface area contributed by atoms with Crippen molar-refractivity contribution in [3.8, 4) is 0 Å². The topological polar surface area (TPSA) is 29.9 Å². The van der Waals surface area contributed by atoms with Crippen LogP contribution in [-0.4, -0.2) is 15.6 Å². The van der Waals surface area contributed by atoms with Crippen molar-refractivity contribution in [2.45, 2.75) is 40.3 Å². The molecule has 0 aromatic carbocycles. The first kappa shape index (κ1) is 10.1. The van der Waals surface area contributed by atoms with Crippen LogP contribution in [0.25, 0.3) is 0 Å². The molecular weight excluding hydrogens is 162 g/mol. The predicted octanol–water partition coefficient (Wildman–Crippen LogP) is 2.36. The molecule has 0 bridgehead atoms. The average molecular weight is 181 g/mol. The number of imidazole rings is 1. The number of rotatable bonds is 4. The summed E-state index contributed by atoms with van der Waals surface area (Å²) < 4.78 is 2.11. The van der Waals surface area contributed by atoms with E-state index in [4.69, 9.17) is 0 Å². The van der Waals surface area contributed by atoms with Gasteiger partial charge in [0.15, 0.2) is 0 Å². The van der Waals surface area contributed by atoms with E-state index in [9.17, 15) is 0 Å². The summed E-state index contributed by atoms with van der Waals surface area (Å²) in [7, 11) is 0. The fourth-order valence-electron chi connectivity index (χ4n) is 1.07. The molecule has 74 valence electrons. The van der Waals surface area contributed by atoms with E-state index in [1.54, 1.807) is 0 Å². The zero-order chi connectivity index (χ0) is 9.84. The maximum atomic E-state index is 4.26. The van der Waals surface area contributed by atoms with Crippen molar-refractivity contribution < 1.29 is 0 Å². The van der Waals surface area contributed by atoms with Crippen molar-refractivity contribution in [2.24, 2.45) is 5.92 Å². The molecule has 1 atom stereocenters. The first-order valence-electron chi connectivity index (χ1n) is 4.92. The van der Waals surface area contributed by atoms with E-state index in [0.717, 1.165) is 12.5 Å². The number of hydrogen-bond acceptors (Lipinski definition) is 2. The first-order valence-corrected chi connectivity index (χ1v) is 4.92. The SMILES string of the molecule is CCn1ccnc1NC(C)C(C)C. The summed E-state index contributed by atoms with van der Waals surface area (Å²) in [5, 5.41) is 3.39. The largest absolute Gasteiger partial charge is 0.353 e. The van der Waals surface area contributed by atoms with Crippen molar-refractivity contribution in [1.29, 1.82) is 0 Å². The van der Waals surface area contributed by atoms with Gasteiger partial charge in [-0.1, -0.05) is 13.8 Å². The molecule has 3 nitrogen and oxygen atoms in total. The highest BCUT2D eigenvalue weighted by Crippen LogP contribution is 2.10. The zero-order valence-corrected chi connectivity index (χ0v) is 8.91. The van der Waals surface area contributed by atoms with Gasteiger partial charge in [0.2, 0.25) is 5.95 Å². The second-order valence-electron chi connectivity index (χ2n) is 3.71. The summed E-state index contributed by atoms with van der Waals surface area (Å²) in [4.78, 5) is 4.26. The normalized spacial score (nSPS) is 13.3. The summed E-state index contributed by atoms with van der Waals surface area (Å²) in [5.74, 6) is 1.60. The van der Waals surface area contributed by atoms with Crippen LogP contribution in [0.15, 0.2) is 12.4 Å². The summed E-state index contributed by atoms with van der Waals surface area (Å²) in [5.41, 5.74) is 0. The molecule has 1 unspecified atom stereocenters. The fraction of sp³-hybridized carbons (Fsp3) is 0.700. The van der Waals surface area contributed by atoms with Crippen LogP contribution in [0.1, 0.15) is 27.7 Å². The molecule has 13 heavy (non-hydrogen) atoms. The summed E-state index contributed by atoms with van der Waals surface area (Å²) in [6, 6.07) is 0.465. The lowest BCUT2D eigenvalue weighted by molar-refractivity contribution is 0.552. The fourth-order valence-corrected chi connectivity index (χ4v) is 1.07. The Morgan fingerprint density at radius 2 is 2.15 bits per heavy atom. The molecule has 1 aromatic heterocycles. The minimum Gasteiger partial charge on any atom is -0.353 e. The number of nitrogens with one attached hydrogen (secondary N) is 1. The molecule has 0 aliphatic heterocycles. The molecule has 1 N–H and O–H groups in total. The Hall–Kier alpha value is -0.990. The average Bonchev–Trinajstić information content (AvgIpc) is 2.51. The number of hydrogen-bond donors (Lipinski definition) is 1. The van der Waals surface area contributed by atoms with Gasteiger partial charge in [-0.15, -0.1) is 0 Å². The van der Waals surface area contributed by atoms with Crippen LogP contribution in [0.4, 0.5) is 5.95 Å². The van der Waals surface area contributed by atoms with Gasteiger partial charge in [-0.25, -0.2) is 4.98 Å². The van der Waals surface area contributed by atoms with Gasteiger partial charge in [-0.05, 0) is 19.8 Å². The number of aryl methyl sites for hydroxylation is 1. The summed E-state index contributed by atoms with van der Waals surface area (Å²) in [6.07, 6.45) is 3.83. The molecule has 1 rings (SSSR count). The Morgan fingerprint density at radius 1 is 1.46 bits per heavy atom. The van der Waals surface area contributed by atoms with Crippen molar-refractivity contribution in [3.63, 3.8) is 0 Å². The lowest BCUT2D eigenvalue weighted by Gasteiger charge is -2.18. The Balaban J connectivity index is 2.62. The Morgan fingerprint density at radius 3 is 2.69 bits per heavy atom. The van der Waals surface area contributed by atoms with Crippen molar-refractivity contribution >= 4 is 5.95 Å². The monoisotopic (exact) mass is 181 g/mol. The van der Waals surface area contributed by atoms with Crippen LogP contribution in [0.2, 0.25) is 0 Å². The van der Waals surface area contributed by atoms with E-state index < -0.39 is 0 Å². The van der Waals surface area contributed by atoms with E-state index in [2.05, 4.69) is 42.6 Å². The van der Waals surface area contributed by atoms with Gasteiger partial charge in [0.1, 0.15) is 0 Å². The molecule has 0 amide bonds. The second-order valence-corrected chi connectivity index (χ2v) is 3.71. The molecule has 0 radical (unpaired) electrons. The molecule has 0 saturated carbocycles. The molecule has 1 heterocycles. The van der Waals surface area contributed by atoms with Crippen molar-refractivity contribution in [2.75, 3.05) is 5.32 Å². The highest BCUT2D eigenvalue weighted by molar-refractivity contribution is 5.27. The maximum absolute atomic E-state index is 4.26. The lowest BCUT2D eigenvalue weighted by atomic mass is 10.1. The van der Waals surface area contributed by atoms with Gasteiger partial charge < -0.3 is 9.88 Å². The van der Waals surface area contributed by atoms with Gasteiger partial charge in [0, 0.05) is 25.0 Å². The van der Waals surface area contributed by atoms with Gasteiger partial charge >= 0.3 is 0 Å². The quantitative estimate of drug-likeness (QED) is 0.772. The number of aromatic nitrogens is 2. The molecule has 0 aliphatic carbocycles. The minimum atomic E-state index is 0.465. The van der Waals surface area contributed by atoms with Crippen LogP contribution in [-0.2, 0) is 6.54 Å². The summed E-state index contributed by atoms with van der Waals surface area (Å²) in [6.45, 7) is 9.67. The van der Waals surface area contributed by atoms with E-state index in [1.807, 2.05) is 12.4 Å². The predicted molar refractivity (Wildman–Crippen MR) is 55.8 cm³/mol. The molecule has 0 aliphatic rings. The molecule has 0 saturated heterocycles. The minimum absolute atomic E-state index is 0.465.